The summed E-state index contributed by atoms with van der Waals surface area (Å²) in [4.78, 5) is 14.7. The molecule has 1 saturated heterocycles. The second-order valence-corrected chi connectivity index (χ2v) is 5.88. The highest BCUT2D eigenvalue weighted by molar-refractivity contribution is 5.97. The van der Waals surface area contributed by atoms with Crippen LogP contribution in [0.5, 0.6) is 5.75 Å². The van der Waals surface area contributed by atoms with E-state index in [9.17, 15) is 9.90 Å². The third-order valence-corrected chi connectivity index (χ3v) is 4.27. The van der Waals surface area contributed by atoms with Crippen molar-refractivity contribution < 1.29 is 14.6 Å². The molecule has 126 valence electrons. The molecule has 5 heteroatoms. The summed E-state index contributed by atoms with van der Waals surface area (Å²) in [5.74, 6) is 0.159. The maximum Gasteiger partial charge on any atom is 0.257 e. The van der Waals surface area contributed by atoms with Crippen molar-refractivity contribution in [3.05, 3.63) is 54.1 Å². The lowest BCUT2D eigenvalue weighted by Gasteiger charge is -2.22. The van der Waals surface area contributed by atoms with Crippen molar-refractivity contribution in [3.63, 3.8) is 0 Å². The number of nitrogens with zero attached hydrogens (tertiary/aromatic N) is 1. The van der Waals surface area contributed by atoms with Gasteiger partial charge in [-0.3, -0.25) is 4.79 Å². The standard InChI is InChI=1S/C19H22N2O3/c1-24-15-8-6-7-14(13-15)18(22)19(23)20-16-9-2-3-10-17(16)21-11-4-5-12-21/h2-3,6-10,13,18,22H,4-5,11-12H2,1H3,(H,20,23). The van der Waals surface area contributed by atoms with Crippen LogP contribution in [-0.4, -0.2) is 31.2 Å². The Balaban J connectivity index is 1.77. The Labute approximate surface area is 141 Å². The number of methoxy groups -OCH3 is 1. The number of nitrogens with one attached hydrogen (secondary N) is 1. The van der Waals surface area contributed by atoms with Crippen LogP contribution in [0.3, 0.4) is 0 Å². The summed E-state index contributed by atoms with van der Waals surface area (Å²) in [6.45, 7) is 1.98. The van der Waals surface area contributed by atoms with Crippen LogP contribution in [0.1, 0.15) is 24.5 Å². The van der Waals surface area contributed by atoms with Crippen LogP contribution in [0.25, 0.3) is 0 Å². The number of aliphatic hydroxyl groups is 1. The summed E-state index contributed by atoms with van der Waals surface area (Å²) in [5.41, 5.74) is 2.23. The van der Waals surface area contributed by atoms with Crippen LogP contribution in [0, 0.1) is 0 Å². The number of ether oxygens (including phenoxy) is 1. The van der Waals surface area contributed by atoms with Crippen molar-refractivity contribution >= 4 is 17.3 Å². The number of carbonyl (C=O) groups is 1. The fourth-order valence-electron chi connectivity index (χ4n) is 2.98. The predicted octanol–water partition coefficient (Wildman–Crippen LogP) is 2.97. The molecule has 2 N–H and O–H groups in total. The number of aliphatic hydroxyl groups excluding tert-OH is 1. The lowest BCUT2D eigenvalue weighted by atomic mass is 10.1. The molecule has 0 spiro atoms. The Kier molecular flexibility index (Phi) is 5.01. The summed E-state index contributed by atoms with van der Waals surface area (Å²) in [7, 11) is 1.55. The smallest absolute Gasteiger partial charge is 0.257 e. The largest absolute Gasteiger partial charge is 0.497 e. The summed E-state index contributed by atoms with van der Waals surface area (Å²) in [5, 5.41) is 13.2. The maximum atomic E-state index is 12.5. The number of hydrogen-bond donors (Lipinski definition) is 2. The fourth-order valence-corrected chi connectivity index (χ4v) is 2.98. The maximum absolute atomic E-state index is 12.5. The van der Waals surface area contributed by atoms with Crippen molar-refractivity contribution in [2.75, 3.05) is 30.4 Å². The van der Waals surface area contributed by atoms with Gasteiger partial charge in [-0.1, -0.05) is 24.3 Å². The van der Waals surface area contributed by atoms with Gasteiger partial charge in [0.2, 0.25) is 0 Å². The van der Waals surface area contributed by atoms with Crippen molar-refractivity contribution in [1.29, 1.82) is 0 Å². The van der Waals surface area contributed by atoms with E-state index in [4.69, 9.17) is 4.74 Å². The van der Waals surface area contributed by atoms with E-state index < -0.39 is 12.0 Å². The summed E-state index contributed by atoms with van der Waals surface area (Å²) in [6, 6.07) is 14.6. The molecule has 0 radical (unpaired) electrons. The van der Waals surface area contributed by atoms with Crippen LogP contribution < -0.4 is 15.0 Å². The molecule has 1 unspecified atom stereocenters. The van der Waals surface area contributed by atoms with E-state index in [1.165, 1.54) is 0 Å². The van der Waals surface area contributed by atoms with E-state index in [1.54, 1.807) is 31.4 Å². The molecule has 0 saturated carbocycles. The second kappa shape index (κ2) is 7.36. The first-order chi connectivity index (χ1) is 11.7. The van der Waals surface area contributed by atoms with Crippen molar-refractivity contribution in [2.24, 2.45) is 0 Å². The molecule has 1 aliphatic heterocycles. The van der Waals surface area contributed by atoms with E-state index >= 15 is 0 Å². The number of benzene rings is 2. The third kappa shape index (κ3) is 3.51. The number of rotatable bonds is 5. The van der Waals surface area contributed by atoms with Crippen LogP contribution in [-0.2, 0) is 4.79 Å². The Morgan fingerprint density at radius 2 is 1.92 bits per heavy atom. The first kappa shape index (κ1) is 16.3. The molecule has 0 bridgehead atoms. The van der Waals surface area contributed by atoms with Crippen molar-refractivity contribution in [1.82, 2.24) is 0 Å². The minimum atomic E-state index is -1.24. The lowest BCUT2D eigenvalue weighted by molar-refractivity contribution is -0.124. The van der Waals surface area contributed by atoms with Crippen LogP contribution in [0.2, 0.25) is 0 Å². The Morgan fingerprint density at radius 1 is 1.17 bits per heavy atom. The average Bonchev–Trinajstić information content (AvgIpc) is 3.16. The zero-order chi connectivity index (χ0) is 16.9. The molecule has 2 aromatic rings. The monoisotopic (exact) mass is 326 g/mol. The number of hydrogen-bond acceptors (Lipinski definition) is 4. The quantitative estimate of drug-likeness (QED) is 0.887. The Bertz CT molecular complexity index is 711. The summed E-state index contributed by atoms with van der Waals surface area (Å²) < 4.78 is 5.14. The second-order valence-electron chi connectivity index (χ2n) is 5.88. The molecule has 2 aromatic carbocycles. The van der Waals surface area contributed by atoms with Gasteiger partial charge in [0.15, 0.2) is 6.10 Å². The van der Waals surface area contributed by atoms with Crippen LogP contribution in [0.4, 0.5) is 11.4 Å². The summed E-state index contributed by atoms with van der Waals surface area (Å²) >= 11 is 0. The molecule has 0 aromatic heterocycles. The van der Waals surface area contributed by atoms with Gasteiger partial charge in [0, 0.05) is 13.1 Å². The molecule has 3 rings (SSSR count). The molecular weight excluding hydrogens is 304 g/mol. The van der Waals surface area contributed by atoms with Gasteiger partial charge in [-0.15, -0.1) is 0 Å². The highest BCUT2D eigenvalue weighted by Crippen LogP contribution is 2.29. The molecule has 1 heterocycles. The molecule has 1 aliphatic rings. The highest BCUT2D eigenvalue weighted by atomic mass is 16.5. The predicted molar refractivity (Wildman–Crippen MR) is 94.5 cm³/mol. The van der Waals surface area contributed by atoms with E-state index in [0.29, 0.717) is 11.3 Å². The van der Waals surface area contributed by atoms with Crippen LogP contribution in [0.15, 0.2) is 48.5 Å². The SMILES string of the molecule is COc1cccc(C(O)C(=O)Nc2ccccc2N2CCCC2)c1. The van der Waals surface area contributed by atoms with Crippen LogP contribution >= 0.6 is 0 Å². The fraction of sp³-hybridized carbons (Fsp3) is 0.316. The van der Waals surface area contributed by atoms with Gasteiger partial charge in [0.1, 0.15) is 5.75 Å². The zero-order valence-electron chi connectivity index (χ0n) is 13.7. The minimum absolute atomic E-state index is 0.449. The first-order valence-corrected chi connectivity index (χ1v) is 8.16. The van der Waals surface area contributed by atoms with Gasteiger partial charge in [0.05, 0.1) is 18.5 Å². The number of carbonyl (C=O) groups excluding carboxylic acids is 1. The first-order valence-electron chi connectivity index (χ1n) is 8.16. The Hall–Kier alpha value is -2.53. The van der Waals surface area contributed by atoms with E-state index in [2.05, 4.69) is 10.2 Å². The molecule has 1 fully saturated rings. The van der Waals surface area contributed by atoms with E-state index in [0.717, 1.165) is 37.3 Å². The lowest BCUT2D eigenvalue weighted by Crippen LogP contribution is -2.24. The normalized spacial score (nSPS) is 15.2. The summed E-state index contributed by atoms with van der Waals surface area (Å²) in [6.07, 6.45) is 1.08. The molecule has 5 nitrogen and oxygen atoms in total. The Morgan fingerprint density at radius 3 is 2.67 bits per heavy atom. The minimum Gasteiger partial charge on any atom is -0.497 e. The topological polar surface area (TPSA) is 61.8 Å². The number of para-hydroxylation sites is 2. The number of anilines is 2. The van der Waals surface area contributed by atoms with Gasteiger partial charge >= 0.3 is 0 Å². The van der Waals surface area contributed by atoms with Gasteiger partial charge in [-0.05, 0) is 42.7 Å². The molecular formula is C19H22N2O3. The van der Waals surface area contributed by atoms with Gasteiger partial charge in [-0.25, -0.2) is 0 Å². The molecule has 1 amide bonds. The van der Waals surface area contributed by atoms with Gasteiger partial charge < -0.3 is 20.1 Å². The van der Waals surface area contributed by atoms with Gasteiger partial charge in [-0.2, -0.15) is 0 Å². The number of amides is 1. The van der Waals surface area contributed by atoms with Gasteiger partial charge in [0.25, 0.3) is 5.91 Å². The zero-order valence-corrected chi connectivity index (χ0v) is 13.7. The van der Waals surface area contributed by atoms with Crippen molar-refractivity contribution in [3.8, 4) is 5.75 Å². The highest BCUT2D eigenvalue weighted by Gasteiger charge is 2.21. The molecule has 24 heavy (non-hydrogen) atoms. The molecule has 1 atom stereocenters. The van der Waals surface area contributed by atoms with E-state index in [-0.39, 0.29) is 0 Å². The molecule has 0 aliphatic carbocycles. The average molecular weight is 326 g/mol. The van der Waals surface area contributed by atoms with E-state index in [1.807, 2.05) is 24.3 Å². The third-order valence-electron chi connectivity index (χ3n) is 4.27. The van der Waals surface area contributed by atoms with Crippen molar-refractivity contribution in [2.45, 2.75) is 18.9 Å².